The molecule has 10 heteroatoms. The lowest BCUT2D eigenvalue weighted by Gasteiger charge is -2.13. The van der Waals surface area contributed by atoms with Crippen LogP contribution in [0, 0.1) is 0 Å². The van der Waals surface area contributed by atoms with Gasteiger partial charge >= 0.3 is 0 Å². The Balaban J connectivity index is 1.41. The van der Waals surface area contributed by atoms with E-state index < -0.39 is 0 Å². The number of carbonyl (C=O) groups is 2. The minimum atomic E-state index is -0.287. The molecule has 2 amide bonds. The summed E-state index contributed by atoms with van der Waals surface area (Å²) in [5.74, 6) is 0.0450. The number of fused-ring (bicyclic) bond motifs is 1. The summed E-state index contributed by atoms with van der Waals surface area (Å²) in [5.41, 5.74) is 2.55. The van der Waals surface area contributed by atoms with Gasteiger partial charge < -0.3 is 10.6 Å². The van der Waals surface area contributed by atoms with Crippen molar-refractivity contribution in [2.45, 2.75) is 25.7 Å². The molecule has 1 aliphatic rings. The standard InChI is InChI=1S/C22H19N7O2S/c30-20(14-4-3-9-23-10-14)28-22-19(16-5-1-2-6-17(16)32-22)21(31)27-15-7-8-18(25-11-15)29-13-24-12-26-29/h3-4,7-13H,1-2,5-6H2,(H,27,31)(H,28,30). The van der Waals surface area contributed by atoms with Crippen molar-refractivity contribution < 1.29 is 9.59 Å². The molecule has 0 bridgehead atoms. The van der Waals surface area contributed by atoms with Crippen molar-refractivity contribution in [3.05, 3.63) is 77.1 Å². The third kappa shape index (κ3) is 4.00. The summed E-state index contributed by atoms with van der Waals surface area (Å²) in [6.45, 7) is 0. The zero-order chi connectivity index (χ0) is 21.9. The molecule has 9 nitrogen and oxygen atoms in total. The molecule has 160 valence electrons. The number of thiophene rings is 1. The molecule has 0 radical (unpaired) electrons. The molecule has 1 aliphatic carbocycles. The number of hydrogen-bond donors (Lipinski definition) is 2. The Kier molecular flexibility index (Phi) is 5.42. The molecular weight excluding hydrogens is 426 g/mol. The smallest absolute Gasteiger partial charge is 0.259 e. The summed E-state index contributed by atoms with van der Waals surface area (Å²) in [6, 6.07) is 6.91. The molecule has 2 N–H and O–H groups in total. The molecule has 0 saturated heterocycles. The van der Waals surface area contributed by atoms with Crippen molar-refractivity contribution in [1.82, 2.24) is 24.7 Å². The molecule has 0 unspecified atom stereocenters. The van der Waals surface area contributed by atoms with E-state index >= 15 is 0 Å². The van der Waals surface area contributed by atoms with Crippen LogP contribution in [0.1, 0.15) is 44.0 Å². The minimum Gasteiger partial charge on any atom is -0.320 e. The summed E-state index contributed by atoms with van der Waals surface area (Å²) < 4.78 is 1.53. The predicted octanol–water partition coefficient (Wildman–Crippen LogP) is 3.50. The predicted molar refractivity (Wildman–Crippen MR) is 120 cm³/mol. The van der Waals surface area contributed by atoms with Gasteiger partial charge in [0.25, 0.3) is 11.8 Å². The first-order valence-corrected chi connectivity index (χ1v) is 11.0. The topological polar surface area (TPSA) is 115 Å². The summed E-state index contributed by atoms with van der Waals surface area (Å²) >= 11 is 1.48. The summed E-state index contributed by atoms with van der Waals surface area (Å²) in [4.78, 5) is 39.4. The average molecular weight is 446 g/mol. The first kappa shape index (κ1) is 20.0. The highest BCUT2D eigenvalue weighted by Crippen LogP contribution is 2.38. The molecule has 4 aromatic rings. The fraction of sp³-hybridized carbons (Fsp3) is 0.182. The molecule has 0 fully saturated rings. The zero-order valence-corrected chi connectivity index (χ0v) is 17.8. The number of aromatic nitrogens is 5. The molecule has 5 rings (SSSR count). The SMILES string of the molecule is O=C(Nc1sc2c(c1C(=O)Nc1ccc(-n3cncn3)nc1)CCCC2)c1cccnc1. The molecule has 0 spiro atoms. The zero-order valence-electron chi connectivity index (χ0n) is 17.0. The van der Waals surface area contributed by atoms with Crippen molar-refractivity contribution in [2.24, 2.45) is 0 Å². The van der Waals surface area contributed by atoms with E-state index in [0.717, 1.165) is 36.1 Å². The molecule has 0 atom stereocenters. The van der Waals surface area contributed by atoms with Crippen LogP contribution in [0.25, 0.3) is 5.82 Å². The van der Waals surface area contributed by atoms with Crippen molar-refractivity contribution in [1.29, 1.82) is 0 Å². The van der Waals surface area contributed by atoms with Crippen molar-refractivity contribution in [3.63, 3.8) is 0 Å². The number of carbonyl (C=O) groups excluding carboxylic acids is 2. The third-order valence-corrected chi connectivity index (χ3v) is 6.42. The lowest BCUT2D eigenvalue weighted by Crippen LogP contribution is -2.19. The van der Waals surface area contributed by atoms with E-state index in [1.807, 2.05) is 0 Å². The van der Waals surface area contributed by atoms with Gasteiger partial charge in [0.1, 0.15) is 17.7 Å². The van der Waals surface area contributed by atoms with E-state index in [0.29, 0.717) is 27.6 Å². The molecule has 0 saturated carbocycles. The Bertz CT molecular complexity index is 1250. The number of rotatable bonds is 5. The Hall–Kier alpha value is -3.92. The van der Waals surface area contributed by atoms with Gasteiger partial charge in [0.05, 0.1) is 23.0 Å². The fourth-order valence-corrected chi connectivity index (χ4v) is 4.96. The molecule has 0 aromatic carbocycles. The molecule has 4 heterocycles. The highest BCUT2D eigenvalue weighted by Gasteiger charge is 2.26. The van der Waals surface area contributed by atoms with Crippen LogP contribution in [0.2, 0.25) is 0 Å². The van der Waals surface area contributed by atoms with E-state index in [1.54, 1.807) is 43.0 Å². The molecule has 32 heavy (non-hydrogen) atoms. The Morgan fingerprint density at radius 1 is 1.00 bits per heavy atom. The maximum Gasteiger partial charge on any atom is 0.259 e. The number of amides is 2. The Morgan fingerprint density at radius 3 is 2.66 bits per heavy atom. The summed E-state index contributed by atoms with van der Waals surface area (Å²) in [6.07, 6.45) is 11.5. The number of nitrogens with one attached hydrogen (secondary N) is 2. The minimum absolute atomic E-state index is 0.263. The van der Waals surface area contributed by atoms with Crippen molar-refractivity contribution in [2.75, 3.05) is 10.6 Å². The van der Waals surface area contributed by atoms with Gasteiger partial charge in [0, 0.05) is 17.3 Å². The second-order valence-electron chi connectivity index (χ2n) is 7.31. The second-order valence-corrected chi connectivity index (χ2v) is 8.42. The second kappa shape index (κ2) is 8.67. The largest absolute Gasteiger partial charge is 0.320 e. The molecule has 4 aromatic heterocycles. The van der Waals surface area contributed by atoms with Crippen LogP contribution >= 0.6 is 11.3 Å². The summed E-state index contributed by atoms with van der Waals surface area (Å²) in [5, 5.41) is 10.4. The van der Waals surface area contributed by atoms with Gasteiger partial charge in [-0.1, -0.05) is 0 Å². The fourth-order valence-electron chi connectivity index (χ4n) is 3.68. The maximum atomic E-state index is 13.3. The van der Waals surface area contributed by atoms with Gasteiger partial charge in [-0.2, -0.15) is 5.10 Å². The molecule has 0 aliphatic heterocycles. The Labute approximate surface area is 187 Å². The lowest BCUT2D eigenvalue weighted by molar-refractivity contribution is 0.102. The molecular formula is C22H19N7O2S. The quantitative estimate of drug-likeness (QED) is 0.486. The third-order valence-electron chi connectivity index (χ3n) is 5.21. The van der Waals surface area contributed by atoms with E-state index in [4.69, 9.17) is 0 Å². The number of nitrogens with zero attached hydrogens (tertiary/aromatic N) is 5. The van der Waals surface area contributed by atoms with Crippen LogP contribution in [0.3, 0.4) is 0 Å². The van der Waals surface area contributed by atoms with Gasteiger partial charge in [0.2, 0.25) is 0 Å². The maximum absolute atomic E-state index is 13.3. The van der Waals surface area contributed by atoms with Crippen LogP contribution in [-0.4, -0.2) is 36.5 Å². The number of anilines is 2. The normalized spacial score (nSPS) is 12.8. The van der Waals surface area contributed by atoms with Gasteiger partial charge in [0.15, 0.2) is 5.82 Å². The van der Waals surface area contributed by atoms with Gasteiger partial charge in [-0.15, -0.1) is 11.3 Å². The van der Waals surface area contributed by atoms with E-state index in [-0.39, 0.29) is 11.8 Å². The summed E-state index contributed by atoms with van der Waals surface area (Å²) in [7, 11) is 0. The van der Waals surface area contributed by atoms with Crippen molar-refractivity contribution in [3.8, 4) is 5.82 Å². The van der Waals surface area contributed by atoms with Gasteiger partial charge in [-0.25, -0.2) is 14.6 Å². The average Bonchev–Trinajstić information content (AvgIpc) is 3.48. The first-order chi connectivity index (χ1) is 15.7. The number of pyridine rings is 2. The van der Waals surface area contributed by atoms with Crippen molar-refractivity contribution >= 4 is 33.8 Å². The Morgan fingerprint density at radius 2 is 1.91 bits per heavy atom. The number of aryl methyl sites for hydroxylation is 1. The van der Waals surface area contributed by atoms with Gasteiger partial charge in [-0.05, 0) is 55.5 Å². The lowest BCUT2D eigenvalue weighted by atomic mass is 9.95. The van der Waals surface area contributed by atoms with Crippen LogP contribution in [0.15, 0.2) is 55.5 Å². The van der Waals surface area contributed by atoms with Crippen LogP contribution < -0.4 is 10.6 Å². The van der Waals surface area contributed by atoms with Crippen LogP contribution in [0.4, 0.5) is 10.7 Å². The number of hydrogen-bond acceptors (Lipinski definition) is 7. The van der Waals surface area contributed by atoms with Gasteiger partial charge in [-0.3, -0.25) is 14.6 Å². The van der Waals surface area contributed by atoms with E-state index in [1.165, 1.54) is 28.5 Å². The van der Waals surface area contributed by atoms with E-state index in [2.05, 4.69) is 30.7 Å². The highest BCUT2D eigenvalue weighted by molar-refractivity contribution is 7.17. The van der Waals surface area contributed by atoms with Crippen LogP contribution in [-0.2, 0) is 12.8 Å². The van der Waals surface area contributed by atoms with Crippen LogP contribution in [0.5, 0.6) is 0 Å². The monoisotopic (exact) mass is 445 g/mol. The highest BCUT2D eigenvalue weighted by atomic mass is 32.1. The van der Waals surface area contributed by atoms with E-state index in [9.17, 15) is 9.59 Å². The first-order valence-electron chi connectivity index (χ1n) is 10.2.